The number of nitrogens with zero attached hydrogens (tertiary/aromatic N) is 1. The molecule has 1 N–H and O–H groups in total. The van der Waals surface area contributed by atoms with Gasteiger partial charge in [0.2, 0.25) is 5.88 Å². The monoisotopic (exact) mass is 324 g/mol. The van der Waals surface area contributed by atoms with Crippen LogP contribution in [0.15, 0.2) is 59.3 Å². The van der Waals surface area contributed by atoms with Gasteiger partial charge >= 0.3 is 0 Å². The van der Waals surface area contributed by atoms with Crippen molar-refractivity contribution in [2.75, 3.05) is 19.5 Å². The van der Waals surface area contributed by atoms with Crippen molar-refractivity contribution in [3.63, 3.8) is 0 Å². The maximum Gasteiger partial charge on any atom is 0.265 e. The van der Waals surface area contributed by atoms with E-state index in [-0.39, 0.29) is 11.4 Å². The van der Waals surface area contributed by atoms with E-state index >= 15 is 0 Å². The molecular formula is C18H16N2O4. The zero-order valence-corrected chi connectivity index (χ0v) is 13.3. The highest BCUT2D eigenvalue weighted by atomic mass is 16.5. The van der Waals surface area contributed by atoms with Crippen molar-refractivity contribution in [1.29, 1.82) is 0 Å². The van der Waals surface area contributed by atoms with Gasteiger partial charge in [0, 0.05) is 0 Å². The van der Waals surface area contributed by atoms with Crippen LogP contribution in [0.2, 0.25) is 0 Å². The summed E-state index contributed by atoms with van der Waals surface area (Å²) in [5.74, 6) is 0.678. The number of methoxy groups -OCH3 is 2. The molecule has 0 aliphatic carbocycles. The molecule has 0 aliphatic rings. The van der Waals surface area contributed by atoms with Crippen molar-refractivity contribution in [3.05, 3.63) is 60.3 Å². The van der Waals surface area contributed by atoms with E-state index in [1.807, 2.05) is 30.3 Å². The SMILES string of the molecule is COc1cccc(OC)c1C(=O)Nc1oncc1-c1ccccc1. The van der Waals surface area contributed by atoms with Crippen LogP contribution in [0.4, 0.5) is 5.88 Å². The second-order valence-corrected chi connectivity index (χ2v) is 4.93. The summed E-state index contributed by atoms with van der Waals surface area (Å²) in [6, 6.07) is 14.7. The van der Waals surface area contributed by atoms with Gasteiger partial charge < -0.3 is 14.0 Å². The van der Waals surface area contributed by atoms with E-state index in [9.17, 15) is 4.79 Å². The first-order valence-electron chi connectivity index (χ1n) is 7.27. The highest BCUT2D eigenvalue weighted by Gasteiger charge is 2.21. The number of anilines is 1. The molecule has 1 heterocycles. The van der Waals surface area contributed by atoms with Gasteiger partial charge in [-0.15, -0.1) is 0 Å². The van der Waals surface area contributed by atoms with Gasteiger partial charge in [0.25, 0.3) is 5.91 Å². The number of ether oxygens (including phenoxy) is 2. The summed E-state index contributed by atoms with van der Waals surface area (Å²) in [4.78, 5) is 12.7. The summed E-state index contributed by atoms with van der Waals surface area (Å²) in [7, 11) is 2.99. The molecule has 1 aromatic heterocycles. The third-order valence-corrected chi connectivity index (χ3v) is 3.54. The number of benzene rings is 2. The molecule has 3 aromatic rings. The molecule has 0 saturated carbocycles. The number of hydrogen-bond acceptors (Lipinski definition) is 5. The number of hydrogen-bond donors (Lipinski definition) is 1. The normalized spacial score (nSPS) is 10.2. The maximum atomic E-state index is 12.7. The van der Waals surface area contributed by atoms with Gasteiger partial charge in [0.05, 0.1) is 26.0 Å². The fourth-order valence-electron chi connectivity index (χ4n) is 2.39. The molecule has 3 rings (SSSR count). The van der Waals surface area contributed by atoms with Crippen LogP contribution in [0.1, 0.15) is 10.4 Å². The second kappa shape index (κ2) is 6.87. The summed E-state index contributed by atoms with van der Waals surface area (Å²) >= 11 is 0. The third-order valence-electron chi connectivity index (χ3n) is 3.54. The van der Waals surface area contributed by atoms with Crippen LogP contribution in [0.5, 0.6) is 11.5 Å². The first-order valence-corrected chi connectivity index (χ1v) is 7.27. The highest BCUT2D eigenvalue weighted by molar-refractivity contribution is 6.08. The number of aromatic nitrogens is 1. The van der Waals surface area contributed by atoms with E-state index in [0.717, 1.165) is 5.56 Å². The molecule has 122 valence electrons. The van der Waals surface area contributed by atoms with Gasteiger partial charge in [-0.3, -0.25) is 10.1 Å². The van der Waals surface area contributed by atoms with Gasteiger partial charge in [-0.05, 0) is 17.7 Å². The van der Waals surface area contributed by atoms with Gasteiger partial charge in [0.1, 0.15) is 17.1 Å². The van der Waals surface area contributed by atoms with Crippen molar-refractivity contribution < 1.29 is 18.8 Å². The van der Waals surface area contributed by atoms with Crippen molar-refractivity contribution in [2.45, 2.75) is 0 Å². The van der Waals surface area contributed by atoms with E-state index in [0.29, 0.717) is 17.1 Å². The largest absolute Gasteiger partial charge is 0.496 e. The van der Waals surface area contributed by atoms with Crippen molar-refractivity contribution in [2.24, 2.45) is 0 Å². The summed E-state index contributed by atoms with van der Waals surface area (Å²) in [5, 5.41) is 6.50. The minimum atomic E-state index is -0.404. The van der Waals surface area contributed by atoms with Crippen LogP contribution in [0.25, 0.3) is 11.1 Å². The van der Waals surface area contributed by atoms with Crippen LogP contribution in [0, 0.1) is 0 Å². The molecule has 0 spiro atoms. The van der Waals surface area contributed by atoms with Gasteiger partial charge in [0.15, 0.2) is 0 Å². The Morgan fingerprint density at radius 1 is 1.00 bits per heavy atom. The zero-order chi connectivity index (χ0) is 16.9. The average molecular weight is 324 g/mol. The van der Waals surface area contributed by atoms with E-state index in [4.69, 9.17) is 14.0 Å². The summed E-state index contributed by atoms with van der Waals surface area (Å²) in [5.41, 5.74) is 1.87. The topological polar surface area (TPSA) is 73.6 Å². The lowest BCUT2D eigenvalue weighted by molar-refractivity contribution is 0.101. The Hall–Kier alpha value is -3.28. The van der Waals surface area contributed by atoms with E-state index in [2.05, 4.69) is 10.5 Å². The number of rotatable bonds is 5. The molecule has 0 aliphatic heterocycles. The second-order valence-electron chi connectivity index (χ2n) is 4.93. The summed E-state index contributed by atoms with van der Waals surface area (Å²) < 4.78 is 15.7. The molecule has 0 unspecified atom stereocenters. The number of nitrogens with one attached hydrogen (secondary N) is 1. The molecule has 1 amide bonds. The van der Waals surface area contributed by atoms with Crippen LogP contribution in [-0.4, -0.2) is 25.3 Å². The van der Waals surface area contributed by atoms with E-state index in [1.54, 1.807) is 24.4 Å². The Bertz CT molecular complexity index is 821. The quantitative estimate of drug-likeness (QED) is 0.776. The summed E-state index contributed by atoms with van der Waals surface area (Å²) in [6.07, 6.45) is 1.56. The van der Waals surface area contributed by atoms with Crippen molar-refractivity contribution >= 4 is 11.8 Å². The van der Waals surface area contributed by atoms with Gasteiger partial charge in [-0.2, -0.15) is 0 Å². The molecule has 0 atom stereocenters. The first kappa shape index (κ1) is 15.6. The Balaban J connectivity index is 1.94. The van der Waals surface area contributed by atoms with Crippen LogP contribution >= 0.6 is 0 Å². The number of amides is 1. The molecule has 0 radical (unpaired) electrons. The minimum Gasteiger partial charge on any atom is -0.496 e. The molecule has 24 heavy (non-hydrogen) atoms. The Morgan fingerprint density at radius 3 is 2.29 bits per heavy atom. The lowest BCUT2D eigenvalue weighted by Crippen LogP contribution is -2.14. The fourth-order valence-corrected chi connectivity index (χ4v) is 2.39. The first-order chi connectivity index (χ1) is 11.7. The predicted octanol–water partition coefficient (Wildman–Crippen LogP) is 3.61. The lowest BCUT2D eigenvalue weighted by Gasteiger charge is -2.12. The lowest BCUT2D eigenvalue weighted by atomic mass is 10.1. The Labute approximate surface area is 139 Å². The van der Waals surface area contributed by atoms with Gasteiger partial charge in [-0.1, -0.05) is 41.6 Å². The minimum absolute atomic E-state index is 0.263. The maximum absolute atomic E-state index is 12.7. The van der Waals surface area contributed by atoms with Gasteiger partial charge in [-0.25, -0.2) is 0 Å². The highest BCUT2D eigenvalue weighted by Crippen LogP contribution is 2.32. The molecular weight excluding hydrogens is 308 g/mol. The molecule has 6 nitrogen and oxygen atoms in total. The van der Waals surface area contributed by atoms with Crippen molar-refractivity contribution in [1.82, 2.24) is 5.16 Å². The van der Waals surface area contributed by atoms with Crippen LogP contribution in [-0.2, 0) is 0 Å². The molecule has 2 aromatic carbocycles. The Kier molecular flexibility index (Phi) is 4.47. The van der Waals surface area contributed by atoms with E-state index < -0.39 is 5.91 Å². The zero-order valence-electron chi connectivity index (χ0n) is 13.3. The standard InChI is InChI=1S/C18H16N2O4/c1-22-14-9-6-10-15(23-2)16(14)17(21)20-18-13(11-19-24-18)12-7-4-3-5-8-12/h3-11H,1-2H3,(H,20,21). The van der Waals surface area contributed by atoms with Crippen LogP contribution in [0.3, 0.4) is 0 Å². The number of carbonyl (C=O) groups excluding carboxylic acids is 1. The predicted molar refractivity (Wildman–Crippen MR) is 89.4 cm³/mol. The number of carbonyl (C=O) groups is 1. The van der Waals surface area contributed by atoms with Crippen LogP contribution < -0.4 is 14.8 Å². The molecule has 0 saturated heterocycles. The van der Waals surface area contributed by atoms with Crippen molar-refractivity contribution in [3.8, 4) is 22.6 Å². The summed E-state index contributed by atoms with van der Waals surface area (Å²) in [6.45, 7) is 0. The fraction of sp³-hybridized carbons (Fsp3) is 0.111. The van der Waals surface area contributed by atoms with E-state index in [1.165, 1.54) is 14.2 Å². The molecule has 0 fully saturated rings. The molecule has 0 bridgehead atoms. The molecule has 6 heteroatoms. The Morgan fingerprint density at radius 2 is 1.67 bits per heavy atom. The average Bonchev–Trinajstić information content (AvgIpc) is 3.09. The smallest absolute Gasteiger partial charge is 0.265 e. The third kappa shape index (κ3) is 2.94.